The highest BCUT2D eigenvalue weighted by Gasteiger charge is 2.84. The molecule has 5 atom stereocenters. The van der Waals surface area contributed by atoms with E-state index in [1.165, 1.54) is 0 Å². The summed E-state index contributed by atoms with van der Waals surface area (Å²) < 4.78 is 5.71. The predicted octanol–water partition coefficient (Wildman–Crippen LogP) is 1.88. The molecule has 1 spiro atoms. The number of aromatic hydroxyl groups is 1. The van der Waals surface area contributed by atoms with Crippen LogP contribution in [-0.2, 0) is 16.0 Å². The number of Topliss-reactive ketones (excluding diaryl/α,β-unsaturated/α-hetero) is 2. The number of phenols is 1. The lowest BCUT2D eigenvalue weighted by atomic mass is 9.60. The highest BCUT2D eigenvalue weighted by atomic mass is 16.8. The van der Waals surface area contributed by atoms with E-state index in [1.807, 2.05) is 6.92 Å². The largest absolute Gasteiger partial charge is 0.510 e. The van der Waals surface area contributed by atoms with Crippen LogP contribution in [0.15, 0.2) is 40.9 Å². The lowest BCUT2D eigenvalue weighted by Gasteiger charge is -2.46. The van der Waals surface area contributed by atoms with Gasteiger partial charge in [-0.1, -0.05) is 19.9 Å². The van der Waals surface area contributed by atoms with Crippen LogP contribution >= 0.6 is 0 Å². The van der Waals surface area contributed by atoms with Gasteiger partial charge < -0.3 is 35.8 Å². The van der Waals surface area contributed by atoms with Crippen LogP contribution in [0.5, 0.6) is 5.75 Å². The number of epoxide rings is 1. The number of hydrogen-bond acceptors (Lipinski definition) is 10. The number of aliphatic hydroxyl groups is 3. The maximum absolute atomic E-state index is 14.1. The number of carbonyl (C=O) groups excluding carboxylic acids is 3. The Hall–Kier alpha value is -3.67. The zero-order chi connectivity index (χ0) is 29.6. The van der Waals surface area contributed by atoms with Gasteiger partial charge in [0.2, 0.25) is 5.79 Å². The molecule has 214 valence electrons. The molecular formula is C29H35N3O8. The van der Waals surface area contributed by atoms with Gasteiger partial charge in [0.15, 0.2) is 17.2 Å². The Morgan fingerprint density at radius 2 is 1.85 bits per heavy atom. The number of ether oxygens (including phenoxy) is 1. The summed E-state index contributed by atoms with van der Waals surface area (Å²) in [6.45, 7) is 5.74. The first-order valence-corrected chi connectivity index (χ1v) is 13.2. The molecule has 1 aromatic rings. The van der Waals surface area contributed by atoms with Gasteiger partial charge in [-0.05, 0) is 56.5 Å². The van der Waals surface area contributed by atoms with Crippen LogP contribution in [0.25, 0.3) is 0 Å². The molecule has 11 heteroatoms. The lowest BCUT2D eigenvalue weighted by molar-refractivity contribution is -0.117. The Labute approximate surface area is 231 Å². The number of ketones is 2. The number of allylic oxidation sites excluding steroid dienone is 2. The van der Waals surface area contributed by atoms with Crippen LogP contribution in [0, 0.1) is 11.8 Å². The molecular weight excluding hydrogens is 518 g/mol. The molecule has 0 aromatic heterocycles. The van der Waals surface area contributed by atoms with Crippen LogP contribution in [0.3, 0.4) is 0 Å². The van der Waals surface area contributed by atoms with Crippen molar-refractivity contribution in [2.45, 2.75) is 50.0 Å². The van der Waals surface area contributed by atoms with Gasteiger partial charge in [0.1, 0.15) is 22.8 Å². The van der Waals surface area contributed by atoms with Crippen molar-refractivity contribution in [2.24, 2.45) is 17.6 Å². The van der Waals surface area contributed by atoms with Crippen LogP contribution in [0.4, 0.5) is 5.69 Å². The molecule has 1 aliphatic heterocycles. The van der Waals surface area contributed by atoms with E-state index in [-0.39, 0.29) is 29.5 Å². The maximum Gasteiger partial charge on any atom is 0.253 e. The normalized spacial score (nSPS) is 30.4. The van der Waals surface area contributed by atoms with E-state index in [4.69, 9.17) is 10.5 Å². The van der Waals surface area contributed by atoms with Crippen molar-refractivity contribution >= 4 is 23.2 Å². The van der Waals surface area contributed by atoms with Crippen LogP contribution in [-0.4, -0.2) is 88.4 Å². The summed E-state index contributed by atoms with van der Waals surface area (Å²) in [5.41, 5.74) is 4.19. The molecule has 3 aliphatic carbocycles. The number of rotatable bonds is 7. The molecule has 1 heterocycles. The minimum atomic E-state index is -2.42. The summed E-state index contributed by atoms with van der Waals surface area (Å²) in [7, 11) is 6.87. The first-order chi connectivity index (χ1) is 18.6. The molecule has 0 bridgehead atoms. The molecule has 5 rings (SSSR count). The second kappa shape index (κ2) is 8.92. The second-order valence-corrected chi connectivity index (χ2v) is 11.6. The first-order valence-electron chi connectivity index (χ1n) is 13.2. The molecule has 2 unspecified atom stereocenters. The number of nitrogens with zero attached hydrogens (tertiary/aromatic N) is 2. The fourth-order valence-corrected chi connectivity index (χ4v) is 7.09. The molecule has 1 fully saturated rings. The van der Waals surface area contributed by atoms with Gasteiger partial charge in [0.05, 0.1) is 17.2 Å². The Bertz CT molecular complexity index is 1460. The van der Waals surface area contributed by atoms with Crippen LogP contribution in [0.1, 0.15) is 52.5 Å². The minimum Gasteiger partial charge on any atom is -0.510 e. The monoisotopic (exact) mass is 553 g/mol. The standard InChI is InChI=1S/C29H35N3O8/c1-7-8-12(2)22(33)15-11-17(31(3)4)14-9-13-10-16-21(32(5)6)25(36)20(27(30)38)29(39)28(16,40-29)26(37)18(13)24(35)19(14)23(15)34/h11,13,16,21,34,36-37,39H,2,7-10H2,1,3-6H3,(H2,30,38)/t13?,16-,21+,28-,29?/m0/s1. The Balaban J connectivity index is 1.72. The fourth-order valence-electron chi connectivity index (χ4n) is 7.09. The summed E-state index contributed by atoms with van der Waals surface area (Å²) in [6.07, 6.45) is 1.53. The third-order valence-electron chi connectivity index (χ3n) is 8.81. The molecule has 40 heavy (non-hydrogen) atoms. The fraction of sp³-hybridized carbons (Fsp3) is 0.483. The van der Waals surface area contributed by atoms with Gasteiger partial charge in [0, 0.05) is 31.3 Å². The van der Waals surface area contributed by atoms with E-state index >= 15 is 0 Å². The second-order valence-electron chi connectivity index (χ2n) is 11.6. The van der Waals surface area contributed by atoms with E-state index in [0.29, 0.717) is 29.7 Å². The third kappa shape index (κ3) is 3.37. The summed E-state index contributed by atoms with van der Waals surface area (Å²) in [6, 6.07) is 0.709. The van der Waals surface area contributed by atoms with Gasteiger partial charge in [0.25, 0.3) is 5.91 Å². The van der Waals surface area contributed by atoms with Gasteiger partial charge >= 0.3 is 0 Å². The number of phenolic OH excluding ortho intramolecular Hbond substituents is 1. The van der Waals surface area contributed by atoms with Gasteiger partial charge in [-0.15, -0.1) is 0 Å². The average Bonchev–Trinajstić information content (AvgIpc) is 3.48. The number of aliphatic hydroxyl groups excluding tert-OH is 2. The number of nitrogens with two attached hydrogens (primary N) is 1. The first kappa shape index (κ1) is 27.9. The van der Waals surface area contributed by atoms with Crippen molar-refractivity contribution in [3.63, 3.8) is 0 Å². The van der Waals surface area contributed by atoms with Gasteiger partial charge in [-0.25, -0.2) is 0 Å². The topological polar surface area (TPSA) is 177 Å². The summed E-state index contributed by atoms with van der Waals surface area (Å²) in [5.74, 6) is -7.54. The summed E-state index contributed by atoms with van der Waals surface area (Å²) in [4.78, 5) is 43.0. The van der Waals surface area contributed by atoms with Crippen molar-refractivity contribution < 1.29 is 39.5 Å². The number of carbonyl (C=O) groups is 3. The average molecular weight is 554 g/mol. The van der Waals surface area contributed by atoms with Crippen molar-refractivity contribution in [3.05, 3.63) is 57.6 Å². The molecule has 6 N–H and O–H groups in total. The van der Waals surface area contributed by atoms with Gasteiger partial charge in [-0.3, -0.25) is 19.3 Å². The molecule has 1 amide bonds. The Morgan fingerprint density at radius 3 is 2.40 bits per heavy atom. The SMILES string of the molecule is C=C(CCC)C(=O)c1cc(N(C)C)c2c(c1O)C(=O)C1=C(O)[C@]34OC3(O)C(C(N)=O)=C(O)[C@H](N(C)C)[C@@H]4CC1C2. The molecule has 0 saturated carbocycles. The molecule has 1 aromatic carbocycles. The number of amides is 1. The van der Waals surface area contributed by atoms with Gasteiger partial charge in [-0.2, -0.15) is 0 Å². The smallest absolute Gasteiger partial charge is 0.253 e. The minimum absolute atomic E-state index is 0.0620. The maximum atomic E-state index is 14.1. The molecule has 1 saturated heterocycles. The van der Waals surface area contributed by atoms with E-state index in [9.17, 15) is 34.8 Å². The molecule has 0 radical (unpaired) electrons. The zero-order valence-electron chi connectivity index (χ0n) is 23.2. The van der Waals surface area contributed by atoms with Crippen molar-refractivity contribution in [3.8, 4) is 5.75 Å². The zero-order valence-corrected chi connectivity index (χ0v) is 23.2. The quantitative estimate of drug-likeness (QED) is 0.190. The highest BCUT2D eigenvalue weighted by Crippen LogP contribution is 2.68. The number of benzene rings is 1. The summed E-state index contributed by atoms with van der Waals surface area (Å²) >= 11 is 0. The number of likely N-dealkylation sites (N-methyl/N-ethyl adjacent to an activating group) is 1. The van der Waals surface area contributed by atoms with Crippen LogP contribution < -0.4 is 10.6 Å². The van der Waals surface area contributed by atoms with E-state index in [2.05, 4.69) is 6.58 Å². The number of primary amides is 1. The van der Waals surface area contributed by atoms with Crippen molar-refractivity contribution in [2.75, 3.05) is 33.1 Å². The Morgan fingerprint density at radius 1 is 1.20 bits per heavy atom. The number of hydrogen-bond donors (Lipinski definition) is 5. The van der Waals surface area contributed by atoms with Crippen molar-refractivity contribution in [1.82, 2.24) is 4.90 Å². The van der Waals surface area contributed by atoms with E-state index < -0.39 is 69.6 Å². The van der Waals surface area contributed by atoms with E-state index in [0.717, 1.165) is 0 Å². The van der Waals surface area contributed by atoms with E-state index in [1.54, 1.807) is 44.1 Å². The summed E-state index contributed by atoms with van der Waals surface area (Å²) in [5, 5.41) is 45.4. The highest BCUT2D eigenvalue weighted by molar-refractivity contribution is 6.19. The lowest BCUT2D eigenvalue weighted by Crippen LogP contribution is -2.57. The molecule has 4 aliphatic rings. The molecule has 11 nitrogen and oxygen atoms in total. The van der Waals surface area contributed by atoms with Crippen LogP contribution in [0.2, 0.25) is 0 Å². The predicted molar refractivity (Wildman–Crippen MR) is 145 cm³/mol. The van der Waals surface area contributed by atoms with Crippen molar-refractivity contribution in [1.29, 1.82) is 0 Å². The Kier molecular flexibility index (Phi) is 6.22. The third-order valence-corrected chi connectivity index (χ3v) is 8.81. The number of anilines is 1. The number of fused-ring (bicyclic) bond motifs is 2.